The molecule has 0 unspecified atom stereocenters. The Balaban J connectivity index is 2.46. The topological polar surface area (TPSA) is 0 Å². The minimum absolute atomic E-state index is 0.311. The van der Waals surface area contributed by atoms with Crippen LogP contribution in [0, 0.1) is 11.8 Å². The average molecular weight is 180 g/mol. The van der Waals surface area contributed by atoms with Crippen LogP contribution in [0.2, 0.25) is 0 Å². The molecule has 0 radical (unpaired) electrons. The van der Waals surface area contributed by atoms with Crippen molar-refractivity contribution in [2.45, 2.75) is 45.2 Å². The fraction of sp³-hybridized carbons (Fsp3) is 1.00. The Morgan fingerprint density at radius 3 is 2.42 bits per heavy atom. The molecule has 0 saturated heterocycles. The molecule has 1 aliphatic carbocycles. The highest BCUT2D eigenvalue weighted by Crippen LogP contribution is 2.40. The van der Waals surface area contributed by atoms with E-state index in [0.29, 0.717) is 18.8 Å². The van der Waals surface area contributed by atoms with Crippen LogP contribution >= 0.6 is 0 Å². The van der Waals surface area contributed by atoms with Gasteiger partial charge in [0, 0.05) is 0 Å². The van der Waals surface area contributed by atoms with Gasteiger partial charge in [-0.15, -0.1) is 0 Å². The molecule has 0 aliphatic heterocycles. The lowest BCUT2D eigenvalue weighted by Gasteiger charge is -2.29. The Morgan fingerprint density at radius 2 is 1.92 bits per heavy atom. The van der Waals surface area contributed by atoms with Crippen molar-refractivity contribution >= 4 is 0 Å². The van der Waals surface area contributed by atoms with Gasteiger partial charge >= 0.3 is 6.18 Å². The van der Waals surface area contributed by atoms with Crippen LogP contribution in [-0.4, -0.2) is 6.18 Å². The van der Waals surface area contributed by atoms with Gasteiger partial charge in [-0.3, -0.25) is 0 Å². The molecule has 3 heteroatoms. The molecule has 1 saturated carbocycles. The van der Waals surface area contributed by atoms with Crippen molar-refractivity contribution in [3.05, 3.63) is 0 Å². The van der Waals surface area contributed by atoms with E-state index in [-0.39, 0.29) is 0 Å². The summed E-state index contributed by atoms with van der Waals surface area (Å²) in [5.41, 5.74) is 0. The summed E-state index contributed by atoms with van der Waals surface area (Å²) in [6, 6.07) is 0. The lowest BCUT2D eigenvalue weighted by atomic mass is 9.80. The first kappa shape index (κ1) is 9.87. The van der Waals surface area contributed by atoms with E-state index in [4.69, 9.17) is 0 Å². The second-order valence-electron chi connectivity index (χ2n) is 3.68. The number of hydrogen-bond donors (Lipinski definition) is 0. The molecule has 12 heavy (non-hydrogen) atoms. The summed E-state index contributed by atoms with van der Waals surface area (Å²) in [5.74, 6) is -0.707. The first-order valence-corrected chi connectivity index (χ1v) is 4.60. The molecule has 0 bridgehead atoms. The highest BCUT2D eigenvalue weighted by Gasteiger charge is 2.41. The molecule has 0 aromatic rings. The van der Waals surface area contributed by atoms with Crippen LogP contribution in [0.4, 0.5) is 13.2 Å². The fourth-order valence-corrected chi connectivity index (χ4v) is 1.96. The Hall–Kier alpha value is -0.210. The molecule has 1 fully saturated rings. The number of rotatable bonds is 1. The molecule has 2 atom stereocenters. The fourth-order valence-electron chi connectivity index (χ4n) is 1.96. The van der Waals surface area contributed by atoms with Crippen molar-refractivity contribution < 1.29 is 13.2 Å². The van der Waals surface area contributed by atoms with Crippen molar-refractivity contribution in [1.29, 1.82) is 0 Å². The first-order chi connectivity index (χ1) is 5.54. The van der Waals surface area contributed by atoms with Crippen molar-refractivity contribution in [2.24, 2.45) is 11.8 Å². The molecule has 0 aromatic heterocycles. The Labute approximate surface area is 71.1 Å². The average Bonchev–Trinajstić information content (AvgIpc) is 2.03. The number of hydrogen-bond acceptors (Lipinski definition) is 0. The minimum atomic E-state index is -3.95. The van der Waals surface area contributed by atoms with Crippen LogP contribution in [0.1, 0.15) is 39.0 Å². The van der Waals surface area contributed by atoms with Gasteiger partial charge in [-0.25, -0.2) is 0 Å². The van der Waals surface area contributed by atoms with Gasteiger partial charge in [-0.1, -0.05) is 26.2 Å². The maximum atomic E-state index is 12.3. The summed E-state index contributed by atoms with van der Waals surface area (Å²) in [7, 11) is 0. The monoisotopic (exact) mass is 180 g/mol. The second kappa shape index (κ2) is 3.67. The summed E-state index contributed by atoms with van der Waals surface area (Å²) in [4.78, 5) is 0. The number of halogens is 3. The quantitative estimate of drug-likeness (QED) is 0.576. The Bertz CT molecular complexity index is 139. The molecule has 1 rings (SSSR count). The van der Waals surface area contributed by atoms with Gasteiger partial charge in [0.05, 0.1) is 5.92 Å². The first-order valence-electron chi connectivity index (χ1n) is 4.60. The zero-order valence-electron chi connectivity index (χ0n) is 7.32. The molecule has 1 aliphatic rings. The van der Waals surface area contributed by atoms with Crippen LogP contribution < -0.4 is 0 Å². The van der Waals surface area contributed by atoms with Crippen molar-refractivity contribution in [2.75, 3.05) is 0 Å². The van der Waals surface area contributed by atoms with E-state index in [1.807, 2.05) is 6.92 Å². The summed E-state index contributed by atoms with van der Waals surface area (Å²) in [6.07, 6.45) is -0.605. The van der Waals surface area contributed by atoms with Crippen molar-refractivity contribution in [3.63, 3.8) is 0 Å². The molecule has 0 heterocycles. The van der Waals surface area contributed by atoms with Gasteiger partial charge in [-0.05, 0) is 18.8 Å². The van der Waals surface area contributed by atoms with Gasteiger partial charge < -0.3 is 0 Å². The molecular formula is C9H15F3. The lowest BCUT2D eigenvalue weighted by Crippen LogP contribution is -2.28. The third kappa shape index (κ3) is 2.39. The molecule has 0 amide bonds. The van der Waals surface area contributed by atoms with E-state index in [1.54, 1.807) is 0 Å². The summed E-state index contributed by atoms with van der Waals surface area (Å²) >= 11 is 0. The van der Waals surface area contributed by atoms with Crippen molar-refractivity contribution in [3.8, 4) is 0 Å². The molecule has 0 spiro atoms. The maximum absolute atomic E-state index is 12.3. The molecular weight excluding hydrogens is 165 g/mol. The van der Waals surface area contributed by atoms with Gasteiger partial charge in [0.1, 0.15) is 0 Å². The van der Waals surface area contributed by atoms with E-state index in [1.165, 1.54) is 0 Å². The van der Waals surface area contributed by atoms with E-state index < -0.39 is 12.1 Å². The zero-order chi connectivity index (χ0) is 9.19. The third-order valence-electron chi connectivity index (χ3n) is 2.82. The zero-order valence-corrected chi connectivity index (χ0v) is 7.32. The number of alkyl halides is 3. The van der Waals surface area contributed by atoms with Gasteiger partial charge in [0.2, 0.25) is 0 Å². The summed E-state index contributed by atoms with van der Waals surface area (Å²) in [5, 5.41) is 0. The maximum Gasteiger partial charge on any atom is 0.391 e. The Kier molecular flexibility index (Phi) is 3.02. The van der Waals surface area contributed by atoms with Crippen LogP contribution in [-0.2, 0) is 0 Å². The van der Waals surface area contributed by atoms with Gasteiger partial charge in [-0.2, -0.15) is 13.2 Å². The van der Waals surface area contributed by atoms with Crippen LogP contribution in [0.5, 0.6) is 0 Å². The minimum Gasteiger partial charge on any atom is -0.171 e. The summed E-state index contributed by atoms with van der Waals surface area (Å²) in [6.45, 7) is 1.98. The van der Waals surface area contributed by atoms with Gasteiger partial charge in [0.15, 0.2) is 0 Å². The predicted molar refractivity (Wildman–Crippen MR) is 41.8 cm³/mol. The Morgan fingerprint density at radius 1 is 1.25 bits per heavy atom. The molecule has 0 aromatic carbocycles. The highest BCUT2D eigenvalue weighted by atomic mass is 19.4. The molecule has 0 nitrogen and oxygen atoms in total. The molecule has 0 N–H and O–H groups in total. The SMILES string of the molecule is CC[C@@H]1CCC[C@H](C(F)(F)F)C1. The van der Waals surface area contributed by atoms with Crippen molar-refractivity contribution in [1.82, 2.24) is 0 Å². The normalized spacial score (nSPS) is 32.0. The third-order valence-corrected chi connectivity index (χ3v) is 2.82. The van der Waals surface area contributed by atoms with Gasteiger partial charge in [0.25, 0.3) is 0 Å². The smallest absolute Gasteiger partial charge is 0.171 e. The van der Waals surface area contributed by atoms with E-state index in [9.17, 15) is 13.2 Å². The lowest BCUT2D eigenvalue weighted by molar-refractivity contribution is -0.185. The van der Waals surface area contributed by atoms with Crippen LogP contribution in [0.25, 0.3) is 0 Å². The van der Waals surface area contributed by atoms with Crippen LogP contribution in [0.3, 0.4) is 0 Å². The summed E-state index contributed by atoms with van der Waals surface area (Å²) < 4.78 is 36.8. The highest BCUT2D eigenvalue weighted by molar-refractivity contribution is 4.76. The van der Waals surface area contributed by atoms with Crippen LogP contribution in [0.15, 0.2) is 0 Å². The standard InChI is InChI=1S/C9H15F3/c1-2-7-4-3-5-8(6-7)9(10,11)12/h7-8H,2-6H2,1H3/t7-,8+/m1/s1. The van der Waals surface area contributed by atoms with E-state index in [2.05, 4.69) is 0 Å². The second-order valence-corrected chi connectivity index (χ2v) is 3.68. The largest absolute Gasteiger partial charge is 0.391 e. The van der Waals surface area contributed by atoms with E-state index >= 15 is 0 Å². The molecule has 72 valence electrons. The van der Waals surface area contributed by atoms with E-state index in [0.717, 1.165) is 19.3 Å². The predicted octanol–water partition coefficient (Wildman–Crippen LogP) is 3.77.